The second-order valence-electron chi connectivity index (χ2n) is 5.42. The summed E-state index contributed by atoms with van der Waals surface area (Å²) in [6, 6.07) is 9.04. The Hall–Kier alpha value is -1.06. The predicted molar refractivity (Wildman–Crippen MR) is 85.4 cm³/mol. The van der Waals surface area contributed by atoms with Crippen molar-refractivity contribution in [2.75, 3.05) is 13.1 Å². The SMILES string of the molecule is CCc1ccc(CC(=O)N2CCNC(C)C2C)cc1.Cl. The van der Waals surface area contributed by atoms with E-state index in [4.69, 9.17) is 0 Å². The first-order valence-electron chi connectivity index (χ1n) is 7.22. The Balaban J connectivity index is 0.00000200. The summed E-state index contributed by atoms with van der Waals surface area (Å²) in [5.74, 6) is 0.241. The number of rotatable bonds is 3. The Morgan fingerprint density at radius 3 is 2.45 bits per heavy atom. The Morgan fingerprint density at radius 2 is 1.85 bits per heavy atom. The highest BCUT2D eigenvalue weighted by Crippen LogP contribution is 2.12. The fraction of sp³-hybridized carbons (Fsp3) is 0.562. The summed E-state index contributed by atoms with van der Waals surface area (Å²) >= 11 is 0. The van der Waals surface area contributed by atoms with Gasteiger partial charge in [-0.3, -0.25) is 4.79 Å². The minimum absolute atomic E-state index is 0. The first-order valence-corrected chi connectivity index (χ1v) is 7.22. The Labute approximate surface area is 128 Å². The van der Waals surface area contributed by atoms with E-state index in [1.807, 2.05) is 4.90 Å². The Bertz CT molecular complexity index is 433. The molecular formula is C16H25ClN2O. The van der Waals surface area contributed by atoms with Crippen LogP contribution in [0, 0.1) is 0 Å². The number of halogens is 1. The molecule has 3 nitrogen and oxygen atoms in total. The van der Waals surface area contributed by atoms with E-state index >= 15 is 0 Å². The van der Waals surface area contributed by atoms with Crippen molar-refractivity contribution in [2.45, 2.75) is 45.7 Å². The van der Waals surface area contributed by atoms with Gasteiger partial charge in [0, 0.05) is 25.2 Å². The van der Waals surface area contributed by atoms with E-state index in [0.717, 1.165) is 25.1 Å². The molecule has 1 fully saturated rings. The number of carbonyl (C=O) groups excluding carboxylic acids is 1. The lowest BCUT2D eigenvalue weighted by Gasteiger charge is -2.38. The average molecular weight is 297 g/mol. The van der Waals surface area contributed by atoms with Crippen LogP contribution < -0.4 is 5.32 Å². The minimum atomic E-state index is 0. The fourth-order valence-electron chi connectivity index (χ4n) is 2.58. The number of nitrogens with zero attached hydrogens (tertiary/aromatic N) is 1. The van der Waals surface area contributed by atoms with Crippen molar-refractivity contribution in [3.8, 4) is 0 Å². The van der Waals surface area contributed by atoms with E-state index in [0.29, 0.717) is 12.5 Å². The van der Waals surface area contributed by atoms with Crippen LogP contribution in [0.3, 0.4) is 0 Å². The molecule has 0 spiro atoms. The number of hydrogen-bond acceptors (Lipinski definition) is 2. The second-order valence-corrected chi connectivity index (χ2v) is 5.42. The topological polar surface area (TPSA) is 32.3 Å². The van der Waals surface area contributed by atoms with Crippen molar-refractivity contribution >= 4 is 18.3 Å². The lowest BCUT2D eigenvalue weighted by molar-refractivity contribution is -0.134. The van der Waals surface area contributed by atoms with Gasteiger partial charge >= 0.3 is 0 Å². The molecule has 1 amide bonds. The number of benzene rings is 1. The van der Waals surface area contributed by atoms with Crippen LogP contribution in [0.25, 0.3) is 0 Å². The summed E-state index contributed by atoms with van der Waals surface area (Å²) < 4.78 is 0. The van der Waals surface area contributed by atoms with Crippen LogP contribution in [0.5, 0.6) is 0 Å². The van der Waals surface area contributed by atoms with Crippen LogP contribution in [0.15, 0.2) is 24.3 Å². The van der Waals surface area contributed by atoms with E-state index in [9.17, 15) is 4.79 Å². The Kier molecular flexibility index (Phi) is 6.50. The molecule has 1 aliphatic heterocycles. The normalized spacial score (nSPS) is 22.2. The van der Waals surface area contributed by atoms with Gasteiger partial charge in [-0.05, 0) is 31.4 Å². The third-order valence-electron chi connectivity index (χ3n) is 4.14. The summed E-state index contributed by atoms with van der Waals surface area (Å²) in [6.45, 7) is 8.11. The van der Waals surface area contributed by atoms with Crippen LogP contribution in [0.1, 0.15) is 31.9 Å². The van der Waals surface area contributed by atoms with E-state index in [-0.39, 0.29) is 24.4 Å². The molecule has 2 rings (SSSR count). The zero-order valence-corrected chi connectivity index (χ0v) is 13.4. The third-order valence-corrected chi connectivity index (χ3v) is 4.14. The average Bonchev–Trinajstić information content (AvgIpc) is 2.42. The van der Waals surface area contributed by atoms with Gasteiger partial charge in [0.25, 0.3) is 0 Å². The minimum Gasteiger partial charge on any atom is -0.337 e. The number of aryl methyl sites for hydroxylation is 1. The molecule has 0 radical (unpaired) electrons. The third kappa shape index (κ3) is 3.97. The molecular weight excluding hydrogens is 272 g/mol. The van der Waals surface area contributed by atoms with Crippen LogP contribution >= 0.6 is 12.4 Å². The Morgan fingerprint density at radius 1 is 1.25 bits per heavy atom. The molecule has 112 valence electrons. The quantitative estimate of drug-likeness (QED) is 0.929. The van der Waals surface area contributed by atoms with Gasteiger partial charge in [0.05, 0.1) is 6.42 Å². The summed E-state index contributed by atoms with van der Waals surface area (Å²) in [5.41, 5.74) is 2.43. The molecule has 20 heavy (non-hydrogen) atoms. The molecule has 4 heteroatoms. The van der Waals surface area contributed by atoms with Crippen LogP contribution in [0.4, 0.5) is 0 Å². The van der Waals surface area contributed by atoms with Crippen LogP contribution in [-0.4, -0.2) is 36.0 Å². The van der Waals surface area contributed by atoms with E-state index in [1.165, 1.54) is 5.56 Å². The maximum atomic E-state index is 12.4. The molecule has 0 aromatic heterocycles. The molecule has 0 saturated carbocycles. The highest BCUT2D eigenvalue weighted by Gasteiger charge is 2.27. The summed E-state index contributed by atoms with van der Waals surface area (Å²) in [6.07, 6.45) is 1.56. The molecule has 1 aliphatic rings. The molecule has 2 unspecified atom stereocenters. The first-order chi connectivity index (χ1) is 9.11. The molecule has 1 N–H and O–H groups in total. The van der Waals surface area contributed by atoms with Gasteiger partial charge < -0.3 is 10.2 Å². The maximum Gasteiger partial charge on any atom is 0.227 e. The van der Waals surface area contributed by atoms with Crippen molar-refractivity contribution in [1.82, 2.24) is 10.2 Å². The lowest BCUT2D eigenvalue weighted by Crippen LogP contribution is -2.57. The van der Waals surface area contributed by atoms with Gasteiger partial charge in [0.2, 0.25) is 5.91 Å². The molecule has 1 aromatic carbocycles. The van der Waals surface area contributed by atoms with Gasteiger partial charge in [0.15, 0.2) is 0 Å². The zero-order valence-electron chi connectivity index (χ0n) is 12.6. The van der Waals surface area contributed by atoms with E-state index in [1.54, 1.807) is 0 Å². The number of hydrogen-bond donors (Lipinski definition) is 1. The van der Waals surface area contributed by atoms with Crippen LogP contribution in [0.2, 0.25) is 0 Å². The fourth-order valence-corrected chi connectivity index (χ4v) is 2.58. The molecule has 0 bridgehead atoms. The lowest BCUT2D eigenvalue weighted by atomic mass is 10.0. The smallest absolute Gasteiger partial charge is 0.227 e. The van der Waals surface area contributed by atoms with E-state index < -0.39 is 0 Å². The molecule has 0 aliphatic carbocycles. The number of amides is 1. The number of nitrogens with one attached hydrogen (secondary N) is 1. The van der Waals surface area contributed by atoms with Crippen molar-refractivity contribution in [3.63, 3.8) is 0 Å². The van der Waals surface area contributed by atoms with Crippen molar-refractivity contribution < 1.29 is 4.79 Å². The molecule has 1 heterocycles. The highest BCUT2D eigenvalue weighted by atomic mass is 35.5. The number of piperazine rings is 1. The number of carbonyl (C=O) groups is 1. The van der Waals surface area contributed by atoms with E-state index in [2.05, 4.69) is 50.4 Å². The zero-order chi connectivity index (χ0) is 13.8. The summed E-state index contributed by atoms with van der Waals surface area (Å²) in [7, 11) is 0. The van der Waals surface area contributed by atoms with Gasteiger partial charge in [-0.2, -0.15) is 0 Å². The molecule has 2 atom stereocenters. The monoisotopic (exact) mass is 296 g/mol. The van der Waals surface area contributed by atoms with Crippen LogP contribution in [-0.2, 0) is 17.6 Å². The highest BCUT2D eigenvalue weighted by molar-refractivity contribution is 5.85. The second kappa shape index (κ2) is 7.65. The summed E-state index contributed by atoms with van der Waals surface area (Å²) in [5, 5.41) is 3.40. The van der Waals surface area contributed by atoms with Crippen molar-refractivity contribution in [1.29, 1.82) is 0 Å². The molecule has 1 saturated heterocycles. The van der Waals surface area contributed by atoms with Crippen molar-refractivity contribution in [3.05, 3.63) is 35.4 Å². The maximum absolute atomic E-state index is 12.4. The molecule has 1 aromatic rings. The predicted octanol–water partition coefficient (Wildman–Crippen LogP) is 2.42. The first kappa shape index (κ1) is 17.0. The van der Waals surface area contributed by atoms with Gasteiger partial charge in [-0.25, -0.2) is 0 Å². The van der Waals surface area contributed by atoms with Gasteiger partial charge in [0.1, 0.15) is 0 Å². The summed E-state index contributed by atoms with van der Waals surface area (Å²) in [4.78, 5) is 14.4. The largest absolute Gasteiger partial charge is 0.337 e. The standard InChI is InChI=1S/C16H24N2O.ClH/c1-4-14-5-7-15(8-6-14)11-16(19)18-10-9-17-12(2)13(18)3;/h5-8,12-13,17H,4,9-11H2,1-3H3;1H. The van der Waals surface area contributed by atoms with Crippen molar-refractivity contribution in [2.24, 2.45) is 0 Å². The van der Waals surface area contributed by atoms with Gasteiger partial charge in [-0.1, -0.05) is 31.2 Å². The van der Waals surface area contributed by atoms with Gasteiger partial charge in [-0.15, -0.1) is 12.4 Å².